The van der Waals surface area contributed by atoms with Gasteiger partial charge < -0.3 is 25.1 Å². The van der Waals surface area contributed by atoms with Crippen molar-refractivity contribution in [3.8, 4) is 0 Å². The second kappa shape index (κ2) is 7.93. The predicted octanol–water partition coefficient (Wildman–Crippen LogP) is 1.27. The zero-order valence-electron chi connectivity index (χ0n) is 18.7. The van der Waals surface area contributed by atoms with Crippen molar-refractivity contribution in [1.29, 1.82) is 0 Å². The number of anilines is 2. The number of amides is 3. The first kappa shape index (κ1) is 22.1. The van der Waals surface area contributed by atoms with E-state index in [-0.39, 0.29) is 30.7 Å². The fraction of sp³-hybridized carbons (Fsp3) is 0.565. The Morgan fingerprint density at radius 1 is 1.09 bits per heavy atom. The number of rotatable bonds is 5. The van der Waals surface area contributed by atoms with Gasteiger partial charge in [0.1, 0.15) is 17.5 Å². The predicted molar refractivity (Wildman–Crippen MR) is 124 cm³/mol. The summed E-state index contributed by atoms with van der Waals surface area (Å²) in [7, 11) is 0. The third-order valence-corrected chi connectivity index (χ3v) is 8.67. The van der Waals surface area contributed by atoms with Crippen LogP contribution in [0.5, 0.6) is 0 Å². The third kappa shape index (κ3) is 3.64. The van der Waals surface area contributed by atoms with Crippen LogP contribution in [0.15, 0.2) is 24.3 Å². The molecule has 4 aliphatic rings. The number of carbonyl (C=O) groups is 4. The lowest BCUT2D eigenvalue weighted by Gasteiger charge is -2.43. The largest absolute Gasteiger partial charge is 0.480 e. The molecule has 4 saturated heterocycles. The van der Waals surface area contributed by atoms with Crippen LogP contribution in [0.1, 0.15) is 33.1 Å². The average molecular weight is 473 g/mol. The number of nitrogens with one attached hydrogen (secondary N) is 1. The molecule has 1 aromatic carbocycles. The van der Waals surface area contributed by atoms with Gasteiger partial charge in [-0.3, -0.25) is 14.4 Å². The number of fused-ring (bicyclic) bond motifs is 1. The number of aliphatic carboxylic acids is 1. The topological polar surface area (TPSA) is 110 Å². The van der Waals surface area contributed by atoms with Gasteiger partial charge in [-0.1, -0.05) is 0 Å². The van der Waals surface area contributed by atoms with E-state index in [2.05, 4.69) is 10.2 Å². The monoisotopic (exact) mass is 472 g/mol. The van der Waals surface area contributed by atoms with Crippen molar-refractivity contribution in [3.63, 3.8) is 0 Å². The summed E-state index contributed by atoms with van der Waals surface area (Å²) in [5, 5.41) is 11.9. The first-order valence-electron chi connectivity index (χ1n) is 11.4. The number of benzene rings is 1. The van der Waals surface area contributed by atoms with Crippen LogP contribution in [0.25, 0.3) is 0 Å². The molecule has 1 unspecified atom stereocenters. The molecule has 33 heavy (non-hydrogen) atoms. The Hall–Kier alpha value is -2.75. The SMILES string of the molecule is CC1(C)S[C@@H]2[C@H](NC(=O)C3CC(=O)N(c4ccc(N5CCCC5)cc4)C3)C(=O)N2[C@H]1C(=O)O. The zero-order chi connectivity index (χ0) is 23.5. The van der Waals surface area contributed by atoms with Gasteiger partial charge in [0.15, 0.2) is 0 Å². The molecule has 10 heteroatoms. The van der Waals surface area contributed by atoms with Crippen molar-refractivity contribution >= 4 is 46.8 Å². The Kier molecular flexibility index (Phi) is 5.30. The summed E-state index contributed by atoms with van der Waals surface area (Å²) in [4.78, 5) is 55.2. The lowest BCUT2D eigenvalue weighted by molar-refractivity contribution is -0.161. The van der Waals surface area contributed by atoms with Crippen LogP contribution in [0.4, 0.5) is 11.4 Å². The Morgan fingerprint density at radius 2 is 1.73 bits per heavy atom. The average Bonchev–Trinajstić information content (AvgIpc) is 3.49. The van der Waals surface area contributed by atoms with E-state index in [1.54, 1.807) is 18.7 Å². The van der Waals surface area contributed by atoms with Gasteiger partial charge in [-0.05, 0) is 51.0 Å². The van der Waals surface area contributed by atoms with Crippen LogP contribution in [-0.4, -0.2) is 75.5 Å². The van der Waals surface area contributed by atoms with E-state index < -0.39 is 34.1 Å². The van der Waals surface area contributed by atoms with Gasteiger partial charge in [-0.2, -0.15) is 0 Å². The number of carboxylic acids is 1. The van der Waals surface area contributed by atoms with E-state index >= 15 is 0 Å². The van der Waals surface area contributed by atoms with Crippen LogP contribution < -0.4 is 15.1 Å². The highest BCUT2D eigenvalue weighted by atomic mass is 32.2. The van der Waals surface area contributed by atoms with E-state index in [1.807, 2.05) is 24.3 Å². The molecule has 0 radical (unpaired) electrons. The minimum Gasteiger partial charge on any atom is -0.480 e. The number of β-lactam (4-membered cyclic amide) rings is 1. The normalized spacial score (nSPS) is 30.4. The van der Waals surface area contributed by atoms with Gasteiger partial charge in [-0.25, -0.2) is 4.79 Å². The molecule has 1 aromatic rings. The summed E-state index contributed by atoms with van der Waals surface area (Å²) in [5.41, 5.74) is 1.91. The molecule has 0 aliphatic carbocycles. The number of carbonyl (C=O) groups excluding carboxylic acids is 3. The number of nitrogens with zero attached hydrogens (tertiary/aromatic N) is 3. The zero-order valence-corrected chi connectivity index (χ0v) is 19.5. The Morgan fingerprint density at radius 3 is 2.36 bits per heavy atom. The highest BCUT2D eigenvalue weighted by molar-refractivity contribution is 8.01. The van der Waals surface area contributed by atoms with E-state index in [0.29, 0.717) is 0 Å². The summed E-state index contributed by atoms with van der Waals surface area (Å²) >= 11 is 1.39. The maximum Gasteiger partial charge on any atom is 0.327 e. The smallest absolute Gasteiger partial charge is 0.327 e. The van der Waals surface area contributed by atoms with Crippen molar-refractivity contribution in [2.45, 2.75) is 55.3 Å². The molecule has 5 rings (SSSR count). The quantitative estimate of drug-likeness (QED) is 0.621. The highest BCUT2D eigenvalue weighted by Crippen LogP contribution is 2.50. The Balaban J connectivity index is 1.22. The van der Waals surface area contributed by atoms with E-state index in [0.717, 1.165) is 24.5 Å². The van der Waals surface area contributed by atoms with Crippen LogP contribution >= 0.6 is 11.8 Å². The van der Waals surface area contributed by atoms with E-state index in [4.69, 9.17) is 0 Å². The second-order valence-corrected chi connectivity index (χ2v) is 11.5. The molecule has 4 aliphatic heterocycles. The van der Waals surface area contributed by atoms with Gasteiger partial charge in [0.25, 0.3) is 0 Å². The highest BCUT2D eigenvalue weighted by Gasteiger charge is 2.64. The minimum absolute atomic E-state index is 0.0887. The number of carboxylic acid groups (broad SMARTS) is 1. The van der Waals surface area contributed by atoms with Crippen LogP contribution in [0.3, 0.4) is 0 Å². The van der Waals surface area contributed by atoms with Crippen LogP contribution in [-0.2, 0) is 19.2 Å². The molecular formula is C23H28N4O5S. The van der Waals surface area contributed by atoms with Crippen LogP contribution in [0, 0.1) is 5.92 Å². The number of hydrogen-bond acceptors (Lipinski definition) is 6. The first-order chi connectivity index (χ1) is 15.7. The molecule has 0 saturated carbocycles. The Labute approximate surface area is 196 Å². The summed E-state index contributed by atoms with van der Waals surface area (Å²) in [6.07, 6.45) is 2.47. The van der Waals surface area contributed by atoms with Crippen molar-refractivity contribution in [3.05, 3.63) is 24.3 Å². The molecule has 4 atom stereocenters. The molecule has 2 N–H and O–H groups in total. The van der Waals surface area contributed by atoms with Gasteiger partial charge in [0.05, 0.1) is 5.92 Å². The summed E-state index contributed by atoms with van der Waals surface area (Å²) in [6.45, 7) is 5.95. The van der Waals surface area contributed by atoms with Crippen LogP contribution in [0.2, 0.25) is 0 Å². The van der Waals surface area contributed by atoms with E-state index in [1.165, 1.54) is 29.5 Å². The van der Waals surface area contributed by atoms with Gasteiger partial charge in [0, 0.05) is 42.2 Å². The number of thioether (sulfide) groups is 1. The fourth-order valence-corrected chi connectivity index (χ4v) is 6.99. The molecule has 3 amide bonds. The molecule has 0 spiro atoms. The molecule has 9 nitrogen and oxygen atoms in total. The maximum atomic E-state index is 12.9. The summed E-state index contributed by atoms with van der Waals surface area (Å²) in [6, 6.07) is 6.20. The van der Waals surface area contributed by atoms with Crippen molar-refractivity contribution in [1.82, 2.24) is 10.2 Å². The molecule has 176 valence electrons. The molecule has 0 aromatic heterocycles. The van der Waals surface area contributed by atoms with Crippen molar-refractivity contribution < 1.29 is 24.3 Å². The van der Waals surface area contributed by atoms with Gasteiger partial charge in [0.2, 0.25) is 17.7 Å². The van der Waals surface area contributed by atoms with E-state index in [9.17, 15) is 24.3 Å². The Bertz CT molecular complexity index is 1010. The van der Waals surface area contributed by atoms with Crippen molar-refractivity contribution in [2.24, 2.45) is 5.92 Å². The second-order valence-electron chi connectivity index (χ2n) is 9.70. The van der Waals surface area contributed by atoms with Gasteiger partial charge in [-0.15, -0.1) is 11.8 Å². The van der Waals surface area contributed by atoms with Crippen molar-refractivity contribution in [2.75, 3.05) is 29.4 Å². The summed E-state index contributed by atoms with van der Waals surface area (Å²) in [5.74, 6) is -2.42. The summed E-state index contributed by atoms with van der Waals surface area (Å²) < 4.78 is -0.646. The van der Waals surface area contributed by atoms with Gasteiger partial charge >= 0.3 is 5.97 Å². The standard InChI is InChI=1S/C23H28N4O5S/c1-23(2)18(22(31)32)27-20(30)17(21(27)33-23)24-19(29)13-11-16(28)26(12-13)15-7-5-14(6-8-15)25-9-3-4-10-25/h5-8,13,17-18,21H,3-4,9-12H2,1-2H3,(H,24,29)(H,31,32)/t13?,17-,18+,21-/m1/s1. The molecule has 0 bridgehead atoms. The fourth-order valence-electron chi connectivity index (χ4n) is 5.37. The first-order valence-corrected chi connectivity index (χ1v) is 12.2. The maximum absolute atomic E-state index is 12.9. The third-order valence-electron chi connectivity index (χ3n) is 7.10. The number of hydrogen-bond donors (Lipinski definition) is 2. The molecular weight excluding hydrogens is 444 g/mol. The molecule has 4 heterocycles. The molecule has 4 fully saturated rings. The lowest BCUT2D eigenvalue weighted by atomic mass is 9.95. The minimum atomic E-state index is -1.04. The lowest BCUT2D eigenvalue weighted by Crippen LogP contribution is -2.71.